The van der Waals surface area contributed by atoms with Crippen molar-refractivity contribution in [3.8, 4) is 0 Å². The monoisotopic (exact) mass is 276 g/mol. The van der Waals surface area contributed by atoms with Crippen LogP contribution in [-0.2, 0) is 4.79 Å². The Kier molecular flexibility index (Phi) is 6.81. The Labute approximate surface area is 121 Å². The molecule has 0 unspecified atom stereocenters. The highest BCUT2D eigenvalue weighted by molar-refractivity contribution is 5.85. The van der Waals surface area contributed by atoms with E-state index in [4.69, 9.17) is 5.11 Å². The predicted molar refractivity (Wildman–Crippen MR) is 84.2 cm³/mol. The van der Waals surface area contributed by atoms with Gasteiger partial charge in [0.15, 0.2) is 0 Å². The van der Waals surface area contributed by atoms with Gasteiger partial charge in [0.1, 0.15) is 0 Å². The number of carboxylic acid groups (broad SMARTS) is 1. The Hall–Kier alpha value is -1.81. The number of carboxylic acids is 1. The summed E-state index contributed by atoms with van der Waals surface area (Å²) < 4.78 is 0. The molecule has 1 aromatic rings. The zero-order chi connectivity index (χ0) is 15.0. The largest absolute Gasteiger partial charge is 0.478 e. The van der Waals surface area contributed by atoms with Crippen molar-refractivity contribution < 1.29 is 9.90 Å². The summed E-state index contributed by atoms with van der Waals surface area (Å²) in [5.41, 5.74) is 2.08. The Balaban J connectivity index is 2.74. The van der Waals surface area contributed by atoms with Crippen LogP contribution in [0.1, 0.15) is 18.9 Å². The normalized spacial score (nSPS) is 11.2. The van der Waals surface area contributed by atoms with Crippen LogP contribution in [0, 0.1) is 0 Å². The van der Waals surface area contributed by atoms with Gasteiger partial charge >= 0.3 is 5.97 Å². The molecule has 0 spiro atoms. The van der Waals surface area contributed by atoms with Crippen LogP contribution in [0.25, 0.3) is 6.08 Å². The molecule has 0 heterocycles. The Morgan fingerprint density at radius 3 is 2.30 bits per heavy atom. The minimum absolute atomic E-state index is 0.903. The topological polar surface area (TPSA) is 43.8 Å². The van der Waals surface area contributed by atoms with Gasteiger partial charge in [-0.15, -0.1) is 0 Å². The lowest BCUT2D eigenvalue weighted by atomic mass is 10.1. The second-order valence-corrected chi connectivity index (χ2v) is 5.05. The minimum Gasteiger partial charge on any atom is -0.478 e. The van der Waals surface area contributed by atoms with Gasteiger partial charge in [0.05, 0.1) is 0 Å². The average molecular weight is 276 g/mol. The quantitative estimate of drug-likeness (QED) is 0.741. The molecule has 0 fully saturated rings. The minimum atomic E-state index is -0.923. The fourth-order valence-corrected chi connectivity index (χ4v) is 1.92. The molecule has 0 aliphatic carbocycles. The molecule has 20 heavy (non-hydrogen) atoms. The van der Waals surface area contributed by atoms with Gasteiger partial charge in [0, 0.05) is 31.4 Å². The first-order valence-electron chi connectivity index (χ1n) is 6.93. The number of likely N-dealkylation sites (N-methyl/N-ethyl adjacent to an activating group) is 1. The number of anilines is 1. The van der Waals surface area contributed by atoms with Crippen molar-refractivity contribution in [3.63, 3.8) is 0 Å². The van der Waals surface area contributed by atoms with Crippen LogP contribution < -0.4 is 4.90 Å². The molecule has 0 amide bonds. The average Bonchev–Trinajstić information content (AvgIpc) is 2.41. The standard InChI is InChI=1S/C16H24N2O2/c1-4-11-18(13-12-17(2)3)15-8-5-14(6-9-15)7-10-16(19)20/h5-10H,4,11-13H2,1-3H3,(H,19,20). The van der Waals surface area contributed by atoms with Crippen molar-refractivity contribution in [1.29, 1.82) is 0 Å². The summed E-state index contributed by atoms with van der Waals surface area (Å²) in [7, 11) is 4.15. The fraction of sp³-hybridized carbons (Fsp3) is 0.438. The van der Waals surface area contributed by atoms with E-state index in [0.717, 1.165) is 37.7 Å². The van der Waals surface area contributed by atoms with E-state index in [1.54, 1.807) is 6.08 Å². The van der Waals surface area contributed by atoms with Gasteiger partial charge in [-0.05, 0) is 44.3 Å². The smallest absolute Gasteiger partial charge is 0.328 e. The van der Waals surface area contributed by atoms with E-state index in [1.165, 1.54) is 5.69 Å². The van der Waals surface area contributed by atoms with Crippen LogP contribution in [0.15, 0.2) is 30.3 Å². The molecular weight excluding hydrogens is 252 g/mol. The molecule has 4 nitrogen and oxygen atoms in total. The van der Waals surface area contributed by atoms with Gasteiger partial charge in [0.25, 0.3) is 0 Å². The number of hydrogen-bond acceptors (Lipinski definition) is 3. The van der Waals surface area contributed by atoms with Crippen molar-refractivity contribution in [3.05, 3.63) is 35.9 Å². The first-order valence-corrected chi connectivity index (χ1v) is 6.93. The first-order chi connectivity index (χ1) is 9.52. The van der Waals surface area contributed by atoms with Crippen LogP contribution in [0.2, 0.25) is 0 Å². The maximum Gasteiger partial charge on any atom is 0.328 e. The van der Waals surface area contributed by atoms with E-state index in [0.29, 0.717) is 0 Å². The zero-order valence-electron chi connectivity index (χ0n) is 12.5. The maximum absolute atomic E-state index is 10.5. The Morgan fingerprint density at radius 1 is 1.15 bits per heavy atom. The lowest BCUT2D eigenvalue weighted by molar-refractivity contribution is -0.131. The fourth-order valence-electron chi connectivity index (χ4n) is 1.92. The summed E-state index contributed by atoms with van der Waals surface area (Å²) >= 11 is 0. The van der Waals surface area contributed by atoms with Gasteiger partial charge in [-0.3, -0.25) is 0 Å². The molecule has 0 bridgehead atoms. The second-order valence-electron chi connectivity index (χ2n) is 5.05. The summed E-state index contributed by atoms with van der Waals surface area (Å²) in [6, 6.07) is 8.00. The third-order valence-corrected chi connectivity index (χ3v) is 2.99. The summed E-state index contributed by atoms with van der Waals surface area (Å²) in [5, 5.41) is 8.61. The van der Waals surface area contributed by atoms with Crippen LogP contribution in [0.4, 0.5) is 5.69 Å². The molecular formula is C16H24N2O2. The summed E-state index contributed by atoms with van der Waals surface area (Å²) in [6.45, 7) is 5.20. The van der Waals surface area contributed by atoms with Crippen molar-refractivity contribution in [2.75, 3.05) is 38.6 Å². The van der Waals surface area contributed by atoms with E-state index in [9.17, 15) is 4.79 Å². The van der Waals surface area contributed by atoms with E-state index in [2.05, 4.69) is 30.8 Å². The lowest BCUT2D eigenvalue weighted by Gasteiger charge is -2.26. The number of hydrogen-bond donors (Lipinski definition) is 1. The second kappa shape index (κ2) is 8.38. The number of aliphatic carboxylic acids is 1. The van der Waals surface area contributed by atoms with Gasteiger partial charge in [-0.2, -0.15) is 0 Å². The van der Waals surface area contributed by atoms with E-state index in [-0.39, 0.29) is 0 Å². The van der Waals surface area contributed by atoms with Crippen molar-refractivity contribution >= 4 is 17.7 Å². The Bertz CT molecular complexity index is 438. The Morgan fingerprint density at radius 2 is 1.80 bits per heavy atom. The first kappa shape index (κ1) is 16.2. The van der Waals surface area contributed by atoms with Crippen LogP contribution in [0.5, 0.6) is 0 Å². The summed E-state index contributed by atoms with van der Waals surface area (Å²) in [6.07, 6.45) is 3.87. The van der Waals surface area contributed by atoms with Gasteiger partial charge in [0.2, 0.25) is 0 Å². The third kappa shape index (κ3) is 5.89. The van der Waals surface area contributed by atoms with Crippen LogP contribution in [0.3, 0.4) is 0 Å². The van der Waals surface area contributed by atoms with Gasteiger partial charge < -0.3 is 14.9 Å². The van der Waals surface area contributed by atoms with E-state index < -0.39 is 5.97 Å². The highest BCUT2D eigenvalue weighted by Crippen LogP contribution is 2.16. The van der Waals surface area contributed by atoms with Crippen LogP contribution in [-0.4, -0.2) is 49.7 Å². The molecule has 0 aliphatic heterocycles. The molecule has 0 saturated heterocycles. The van der Waals surface area contributed by atoms with Gasteiger partial charge in [-0.25, -0.2) is 4.79 Å². The highest BCUT2D eigenvalue weighted by Gasteiger charge is 2.05. The lowest BCUT2D eigenvalue weighted by Crippen LogP contribution is -2.32. The van der Waals surface area contributed by atoms with Crippen LogP contribution >= 0.6 is 0 Å². The number of rotatable bonds is 8. The molecule has 1 aromatic carbocycles. The third-order valence-electron chi connectivity index (χ3n) is 2.99. The molecule has 110 valence electrons. The maximum atomic E-state index is 10.5. The predicted octanol–water partition coefficient (Wildman–Crippen LogP) is 2.56. The molecule has 0 saturated carbocycles. The van der Waals surface area contributed by atoms with Crippen molar-refractivity contribution in [1.82, 2.24) is 4.90 Å². The van der Waals surface area contributed by atoms with E-state index in [1.807, 2.05) is 24.3 Å². The molecule has 0 atom stereocenters. The zero-order valence-corrected chi connectivity index (χ0v) is 12.5. The number of nitrogens with zero attached hydrogens (tertiary/aromatic N) is 2. The molecule has 0 radical (unpaired) electrons. The SMILES string of the molecule is CCCN(CCN(C)C)c1ccc(C=CC(=O)O)cc1. The highest BCUT2D eigenvalue weighted by atomic mass is 16.4. The van der Waals surface area contributed by atoms with Crippen molar-refractivity contribution in [2.24, 2.45) is 0 Å². The number of benzene rings is 1. The molecule has 0 aromatic heterocycles. The van der Waals surface area contributed by atoms with Gasteiger partial charge in [-0.1, -0.05) is 19.1 Å². The molecule has 1 N–H and O–H groups in total. The van der Waals surface area contributed by atoms with E-state index >= 15 is 0 Å². The number of carbonyl (C=O) groups is 1. The van der Waals surface area contributed by atoms with Crippen molar-refractivity contribution in [2.45, 2.75) is 13.3 Å². The summed E-state index contributed by atoms with van der Waals surface area (Å²) in [4.78, 5) is 15.0. The molecule has 4 heteroatoms. The molecule has 0 aliphatic rings. The summed E-state index contributed by atoms with van der Waals surface area (Å²) in [5.74, 6) is -0.923. The molecule has 1 rings (SSSR count).